The lowest BCUT2D eigenvalue weighted by molar-refractivity contribution is -0.141. The lowest BCUT2D eigenvalue weighted by atomic mass is 10.1. The second-order valence-corrected chi connectivity index (χ2v) is 8.24. The summed E-state index contributed by atoms with van der Waals surface area (Å²) in [6.45, 7) is 4.63. The number of carbonyl (C=O) groups excluding carboxylic acids is 2. The van der Waals surface area contributed by atoms with E-state index < -0.39 is 28.5 Å². The van der Waals surface area contributed by atoms with Crippen LogP contribution < -0.4 is 4.31 Å². The Morgan fingerprint density at radius 2 is 1.62 bits per heavy atom. The average Bonchev–Trinajstić information content (AvgIpc) is 2.67. The molecule has 0 aliphatic carbocycles. The van der Waals surface area contributed by atoms with E-state index in [0.717, 1.165) is 4.31 Å². The van der Waals surface area contributed by atoms with Crippen molar-refractivity contribution in [3.8, 4) is 0 Å². The van der Waals surface area contributed by atoms with Crippen molar-refractivity contribution in [3.05, 3.63) is 58.6 Å². The largest absolute Gasteiger partial charge is 0.465 e. The second kappa shape index (κ2) is 9.76. The van der Waals surface area contributed by atoms with Gasteiger partial charge in [-0.05, 0) is 62.7 Å². The van der Waals surface area contributed by atoms with Crippen molar-refractivity contribution in [2.24, 2.45) is 0 Å². The number of hydrogen-bond donors (Lipinski definition) is 0. The molecule has 0 atom stereocenters. The topological polar surface area (TPSA) is 90.0 Å². The Labute approximate surface area is 175 Å². The van der Waals surface area contributed by atoms with Gasteiger partial charge in [-0.15, -0.1) is 0 Å². The van der Waals surface area contributed by atoms with E-state index in [4.69, 9.17) is 21.1 Å². The zero-order valence-corrected chi connectivity index (χ0v) is 17.9. The van der Waals surface area contributed by atoms with Crippen LogP contribution in [0.1, 0.15) is 29.8 Å². The predicted octanol–water partition coefficient (Wildman–Crippen LogP) is 3.58. The lowest BCUT2D eigenvalue weighted by Crippen LogP contribution is -2.37. The highest BCUT2D eigenvalue weighted by atomic mass is 35.5. The van der Waals surface area contributed by atoms with Crippen LogP contribution in [0.5, 0.6) is 0 Å². The van der Waals surface area contributed by atoms with E-state index in [-0.39, 0.29) is 29.4 Å². The summed E-state index contributed by atoms with van der Waals surface area (Å²) in [6.07, 6.45) is 0. The van der Waals surface area contributed by atoms with Crippen molar-refractivity contribution < 1.29 is 27.5 Å². The van der Waals surface area contributed by atoms with Crippen LogP contribution in [0, 0.1) is 6.92 Å². The summed E-state index contributed by atoms with van der Waals surface area (Å²) in [5, 5.41) is 0.376. The smallest absolute Gasteiger partial charge is 0.338 e. The van der Waals surface area contributed by atoms with Crippen LogP contribution in [0.4, 0.5) is 5.69 Å². The van der Waals surface area contributed by atoms with Crippen molar-refractivity contribution >= 4 is 39.3 Å². The second-order valence-electron chi connectivity index (χ2n) is 5.94. The fourth-order valence-corrected chi connectivity index (χ4v) is 4.27. The van der Waals surface area contributed by atoms with Crippen LogP contribution >= 0.6 is 11.6 Å². The van der Waals surface area contributed by atoms with Crippen molar-refractivity contribution in [1.29, 1.82) is 0 Å². The Morgan fingerprint density at radius 1 is 1.00 bits per heavy atom. The third kappa shape index (κ3) is 5.27. The standard InChI is InChI=1S/C20H22ClNO6S/c1-4-27-19(23)13-22(29(25,26)16-11-9-15(21)10-12-16)18-8-6-7-17(14(18)3)20(24)28-5-2/h6-12H,4-5,13H2,1-3H3. The molecule has 29 heavy (non-hydrogen) atoms. The van der Waals surface area contributed by atoms with E-state index in [1.165, 1.54) is 42.5 Å². The summed E-state index contributed by atoms with van der Waals surface area (Å²) < 4.78 is 37.5. The third-order valence-corrected chi connectivity index (χ3v) is 6.07. The van der Waals surface area contributed by atoms with Crippen LogP contribution in [0.25, 0.3) is 0 Å². The average molecular weight is 440 g/mol. The first-order valence-corrected chi connectivity index (χ1v) is 10.7. The molecule has 9 heteroatoms. The molecule has 0 fully saturated rings. The van der Waals surface area contributed by atoms with Gasteiger partial charge in [-0.1, -0.05) is 17.7 Å². The molecule has 0 heterocycles. The summed E-state index contributed by atoms with van der Waals surface area (Å²) in [5.41, 5.74) is 0.760. The van der Waals surface area contributed by atoms with Gasteiger partial charge in [0, 0.05) is 5.02 Å². The normalized spacial score (nSPS) is 11.0. The van der Waals surface area contributed by atoms with E-state index >= 15 is 0 Å². The quantitative estimate of drug-likeness (QED) is 0.584. The first-order valence-electron chi connectivity index (χ1n) is 8.93. The van der Waals surface area contributed by atoms with Gasteiger partial charge in [0.25, 0.3) is 10.0 Å². The molecule has 0 N–H and O–H groups in total. The fraction of sp³-hybridized carbons (Fsp3) is 0.300. The van der Waals surface area contributed by atoms with Crippen LogP contribution in [0.15, 0.2) is 47.4 Å². The number of nitrogens with zero attached hydrogens (tertiary/aromatic N) is 1. The van der Waals surface area contributed by atoms with E-state index in [0.29, 0.717) is 10.6 Å². The van der Waals surface area contributed by atoms with Crippen molar-refractivity contribution in [3.63, 3.8) is 0 Å². The molecule has 0 spiro atoms. The molecule has 0 unspecified atom stereocenters. The summed E-state index contributed by atoms with van der Waals surface area (Å²) >= 11 is 5.86. The molecule has 0 aromatic heterocycles. The molecule has 0 aliphatic heterocycles. The highest BCUT2D eigenvalue weighted by Gasteiger charge is 2.30. The van der Waals surface area contributed by atoms with Crippen molar-refractivity contribution in [1.82, 2.24) is 0 Å². The van der Waals surface area contributed by atoms with E-state index in [9.17, 15) is 18.0 Å². The Balaban J connectivity index is 2.60. The lowest BCUT2D eigenvalue weighted by Gasteiger charge is -2.26. The number of carbonyl (C=O) groups is 2. The number of rotatable bonds is 8. The molecule has 0 bridgehead atoms. The Morgan fingerprint density at radius 3 is 2.21 bits per heavy atom. The maximum Gasteiger partial charge on any atom is 0.338 e. The van der Waals surface area contributed by atoms with Gasteiger partial charge in [0.1, 0.15) is 6.54 Å². The Hall–Kier alpha value is -2.58. The number of halogens is 1. The van der Waals surface area contributed by atoms with Gasteiger partial charge in [0.15, 0.2) is 0 Å². The van der Waals surface area contributed by atoms with Gasteiger partial charge in [0.2, 0.25) is 0 Å². The number of sulfonamides is 1. The minimum atomic E-state index is -4.14. The van der Waals surface area contributed by atoms with Crippen LogP contribution in [0.2, 0.25) is 5.02 Å². The summed E-state index contributed by atoms with van der Waals surface area (Å²) in [6, 6.07) is 10.2. The van der Waals surface area contributed by atoms with Crippen LogP contribution in [-0.2, 0) is 24.3 Å². The number of anilines is 1. The van der Waals surface area contributed by atoms with Gasteiger partial charge in [-0.25, -0.2) is 13.2 Å². The maximum atomic E-state index is 13.3. The zero-order chi connectivity index (χ0) is 21.6. The van der Waals surface area contributed by atoms with Crippen LogP contribution in [-0.4, -0.2) is 40.1 Å². The van der Waals surface area contributed by atoms with Gasteiger partial charge in [-0.2, -0.15) is 0 Å². The molecule has 0 amide bonds. The fourth-order valence-electron chi connectivity index (χ4n) is 2.68. The molecular weight excluding hydrogens is 418 g/mol. The SMILES string of the molecule is CCOC(=O)CN(c1cccc(C(=O)OCC)c1C)S(=O)(=O)c1ccc(Cl)cc1. The van der Waals surface area contributed by atoms with E-state index in [1.807, 2.05) is 0 Å². The zero-order valence-electron chi connectivity index (χ0n) is 16.3. The molecular formula is C20H22ClNO6S. The van der Waals surface area contributed by atoms with Gasteiger partial charge >= 0.3 is 11.9 Å². The Kier molecular flexibility index (Phi) is 7.64. The van der Waals surface area contributed by atoms with Gasteiger partial charge < -0.3 is 9.47 Å². The first kappa shape index (κ1) is 22.7. The third-order valence-electron chi connectivity index (χ3n) is 4.05. The monoisotopic (exact) mass is 439 g/mol. The molecule has 2 aromatic rings. The molecule has 156 valence electrons. The molecule has 7 nitrogen and oxygen atoms in total. The predicted molar refractivity (Wildman–Crippen MR) is 110 cm³/mol. The number of ether oxygens (including phenoxy) is 2. The van der Waals surface area contributed by atoms with Crippen LogP contribution in [0.3, 0.4) is 0 Å². The van der Waals surface area contributed by atoms with Gasteiger partial charge in [-0.3, -0.25) is 9.10 Å². The van der Waals surface area contributed by atoms with Gasteiger partial charge in [0.05, 0.1) is 29.4 Å². The first-order chi connectivity index (χ1) is 13.7. The van der Waals surface area contributed by atoms with Crippen molar-refractivity contribution in [2.75, 3.05) is 24.1 Å². The molecule has 2 aromatic carbocycles. The number of benzene rings is 2. The maximum absolute atomic E-state index is 13.3. The molecule has 0 saturated carbocycles. The van der Waals surface area contributed by atoms with E-state index in [1.54, 1.807) is 20.8 Å². The molecule has 2 rings (SSSR count). The summed E-state index contributed by atoms with van der Waals surface area (Å²) in [7, 11) is -4.14. The molecule has 0 saturated heterocycles. The summed E-state index contributed by atoms with van der Waals surface area (Å²) in [5.74, 6) is -1.29. The highest BCUT2D eigenvalue weighted by molar-refractivity contribution is 7.92. The number of esters is 2. The highest BCUT2D eigenvalue weighted by Crippen LogP contribution is 2.29. The molecule has 0 radical (unpaired) electrons. The van der Waals surface area contributed by atoms with E-state index in [2.05, 4.69) is 0 Å². The summed E-state index contributed by atoms with van der Waals surface area (Å²) in [4.78, 5) is 24.3. The minimum Gasteiger partial charge on any atom is -0.465 e. The minimum absolute atomic E-state index is 0.0489. The Bertz CT molecular complexity index is 989. The number of hydrogen-bond acceptors (Lipinski definition) is 6. The van der Waals surface area contributed by atoms with Crippen molar-refractivity contribution in [2.45, 2.75) is 25.7 Å². The molecule has 0 aliphatic rings.